The smallest absolute Gasteiger partial charge is 0.387 e. The Hall–Kier alpha value is -4.59. The third-order valence-corrected chi connectivity index (χ3v) is 7.46. The van der Waals surface area contributed by atoms with Crippen molar-refractivity contribution in [3.05, 3.63) is 94.4 Å². The van der Waals surface area contributed by atoms with Crippen molar-refractivity contribution >= 4 is 38.0 Å². The van der Waals surface area contributed by atoms with Gasteiger partial charge in [-0.2, -0.15) is 8.78 Å². The Morgan fingerprint density at radius 1 is 1.12 bits per heavy atom. The molecule has 40 heavy (non-hydrogen) atoms. The van der Waals surface area contributed by atoms with Crippen LogP contribution in [0.1, 0.15) is 12.0 Å². The molecule has 14 heteroatoms. The maximum Gasteiger partial charge on any atom is 0.387 e. The average Bonchev–Trinajstić information content (AvgIpc) is 3.41. The zero-order valence-electron chi connectivity index (χ0n) is 20.5. The second-order valence-electron chi connectivity index (χ2n) is 8.53. The number of sulfonamides is 1. The number of alkyl halides is 3. The van der Waals surface area contributed by atoms with Crippen LogP contribution in [0.15, 0.2) is 86.9 Å². The lowest BCUT2D eigenvalue weighted by molar-refractivity contribution is -0.0522. The summed E-state index contributed by atoms with van der Waals surface area (Å²) in [6.45, 7) is -3.28. The van der Waals surface area contributed by atoms with E-state index in [4.69, 9.17) is 4.74 Å². The molecule has 0 saturated carbocycles. The van der Waals surface area contributed by atoms with Gasteiger partial charge in [0.05, 0.1) is 23.2 Å². The van der Waals surface area contributed by atoms with Gasteiger partial charge < -0.3 is 14.0 Å². The van der Waals surface area contributed by atoms with Gasteiger partial charge in [0.1, 0.15) is 18.2 Å². The fourth-order valence-corrected chi connectivity index (χ4v) is 5.37. The molecule has 1 aliphatic rings. The number of aromatic nitrogens is 2. The summed E-state index contributed by atoms with van der Waals surface area (Å²) in [5.74, 6) is -1.72. The number of benzene rings is 2. The van der Waals surface area contributed by atoms with Gasteiger partial charge in [-0.05, 0) is 53.6 Å². The van der Waals surface area contributed by atoms with Crippen LogP contribution in [0.2, 0.25) is 0 Å². The molecule has 0 amide bonds. The molecular formula is C26H19F4N3O6S. The fraction of sp³-hybridized carbons (Fsp3) is 0.154. The Bertz CT molecular complexity index is 1820. The van der Waals surface area contributed by atoms with E-state index < -0.39 is 39.9 Å². The molecule has 0 unspecified atom stereocenters. The van der Waals surface area contributed by atoms with Gasteiger partial charge in [-0.1, -0.05) is 11.2 Å². The first-order chi connectivity index (χ1) is 19.1. The van der Waals surface area contributed by atoms with Gasteiger partial charge in [0.25, 0.3) is 15.6 Å². The summed E-state index contributed by atoms with van der Waals surface area (Å²) in [7, 11) is -2.75. The average molecular weight is 578 g/mol. The van der Waals surface area contributed by atoms with Crippen molar-refractivity contribution in [2.45, 2.75) is 24.1 Å². The number of rotatable bonds is 8. The number of nitrogens with zero attached hydrogens (tertiary/aromatic N) is 2. The van der Waals surface area contributed by atoms with E-state index in [2.05, 4.69) is 19.1 Å². The van der Waals surface area contributed by atoms with Gasteiger partial charge in [0.2, 0.25) is 0 Å². The highest BCUT2D eigenvalue weighted by Gasteiger charge is 2.28. The van der Waals surface area contributed by atoms with E-state index in [1.807, 2.05) is 0 Å². The van der Waals surface area contributed by atoms with Crippen LogP contribution in [0.5, 0.6) is 5.75 Å². The van der Waals surface area contributed by atoms with Gasteiger partial charge in [0, 0.05) is 23.9 Å². The van der Waals surface area contributed by atoms with Crippen molar-refractivity contribution in [2.75, 3.05) is 11.8 Å². The Morgan fingerprint density at radius 3 is 2.62 bits per heavy atom. The van der Waals surface area contributed by atoms with Crippen LogP contribution in [0, 0.1) is 5.82 Å². The fourth-order valence-electron chi connectivity index (χ4n) is 4.34. The van der Waals surface area contributed by atoms with Gasteiger partial charge in [0.15, 0.2) is 17.4 Å². The third kappa shape index (κ3) is 5.17. The molecular weight excluding hydrogens is 558 g/mol. The Labute approximate surface area is 224 Å². The molecule has 0 fully saturated rings. The van der Waals surface area contributed by atoms with E-state index in [1.54, 1.807) is 0 Å². The molecule has 208 valence electrons. The minimum Gasteiger partial charge on any atom is -0.495 e. The molecule has 2 aromatic heterocycles. The molecule has 0 saturated heterocycles. The van der Waals surface area contributed by atoms with Crippen LogP contribution >= 0.6 is 0 Å². The van der Waals surface area contributed by atoms with E-state index >= 15 is 4.39 Å². The minimum absolute atomic E-state index is 0.000289. The largest absolute Gasteiger partial charge is 0.495 e. The Kier molecular flexibility index (Phi) is 7.10. The number of halogens is 4. The van der Waals surface area contributed by atoms with Gasteiger partial charge in [-0.3, -0.25) is 14.1 Å². The van der Waals surface area contributed by atoms with Gasteiger partial charge in [-0.25, -0.2) is 17.2 Å². The highest BCUT2D eigenvalue weighted by atomic mass is 32.2. The molecule has 1 aliphatic carbocycles. The highest BCUT2D eigenvalue weighted by molar-refractivity contribution is 7.92. The van der Waals surface area contributed by atoms with Crippen LogP contribution in [0.4, 0.5) is 23.4 Å². The Balaban J connectivity index is 1.59. The molecule has 0 aliphatic heterocycles. The maximum absolute atomic E-state index is 15.5. The maximum atomic E-state index is 15.5. The summed E-state index contributed by atoms with van der Waals surface area (Å²) >= 11 is 0. The van der Waals surface area contributed by atoms with Crippen LogP contribution in [0.3, 0.4) is 0 Å². The number of hydrogen-bond acceptors (Lipinski definition) is 7. The van der Waals surface area contributed by atoms with E-state index in [9.17, 15) is 26.4 Å². The van der Waals surface area contributed by atoms with Crippen LogP contribution in [0.25, 0.3) is 22.2 Å². The predicted octanol–water partition coefficient (Wildman–Crippen LogP) is 5.17. The zero-order valence-corrected chi connectivity index (χ0v) is 21.3. The number of pyridine rings is 1. The predicted molar refractivity (Wildman–Crippen MR) is 136 cm³/mol. The molecule has 1 atom stereocenters. The molecule has 2 heterocycles. The van der Waals surface area contributed by atoms with Gasteiger partial charge >= 0.3 is 6.61 Å². The molecule has 1 N–H and O–H groups in total. The van der Waals surface area contributed by atoms with Crippen molar-refractivity contribution in [2.24, 2.45) is 0 Å². The molecule has 0 spiro atoms. The summed E-state index contributed by atoms with van der Waals surface area (Å²) in [4.78, 5) is 12.9. The van der Waals surface area contributed by atoms with Crippen molar-refractivity contribution in [1.29, 1.82) is 0 Å². The van der Waals surface area contributed by atoms with E-state index in [1.165, 1.54) is 66.5 Å². The number of methoxy groups -OCH3 is 1. The lowest BCUT2D eigenvalue weighted by Crippen LogP contribution is -2.24. The highest BCUT2D eigenvalue weighted by Crippen LogP contribution is 2.37. The second kappa shape index (κ2) is 10.5. The number of nitrogens with one attached hydrogen (secondary N) is 1. The number of anilines is 1. The Morgan fingerprint density at radius 2 is 1.93 bits per heavy atom. The van der Waals surface area contributed by atoms with Crippen molar-refractivity contribution < 1.29 is 40.0 Å². The van der Waals surface area contributed by atoms with Crippen LogP contribution in [-0.4, -0.2) is 38.0 Å². The minimum atomic E-state index is -4.05. The van der Waals surface area contributed by atoms with E-state index in [0.29, 0.717) is 5.39 Å². The van der Waals surface area contributed by atoms with Crippen molar-refractivity contribution in [1.82, 2.24) is 9.72 Å². The first-order valence-corrected chi connectivity index (χ1v) is 13.0. The third-order valence-electron chi connectivity index (χ3n) is 6.10. The lowest BCUT2D eigenvalue weighted by atomic mass is 9.92. The molecule has 2 aromatic carbocycles. The number of hydrogen-bond donors (Lipinski definition) is 1. The topological polar surface area (TPSA) is 113 Å². The van der Waals surface area contributed by atoms with Crippen LogP contribution < -0.4 is 15.0 Å². The van der Waals surface area contributed by atoms with Crippen LogP contribution in [-0.2, 0) is 14.8 Å². The van der Waals surface area contributed by atoms with E-state index in [0.717, 1.165) is 12.1 Å². The lowest BCUT2D eigenvalue weighted by Gasteiger charge is -2.25. The summed E-state index contributed by atoms with van der Waals surface area (Å²) in [6, 6.07) is 11.0. The zero-order chi connectivity index (χ0) is 28.6. The van der Waals surface area contributed by atoms with E-state index in [-0.39, 0.29) is 45.2 Å². The molecule has 9 nitrogen and oxygen atoms in total. The summed E-state index contributed by atoms with van der Waals surface area (Å²) in [5, 5.41) is 3.87. The number of ether oxygens (including phenoxy) is 2. The molecule has 0 radical (unpaired) electrons. The standard InChI is InChI=1S/C26H19F4N3O6S/c1-37-23-12-17(14-2-5-18(27)22(11-14)39-26(29)30)19(28)13-21(23)33-20-6-4-16(10-15(20)3-7-25(33)34)40(35,36)32-24-8-9-38-31-24/h2-12,19,26H,13H2,1H3,(H,31,32)/t19-/m1/s1. The van der Waals surface area contributed by atoms with Crippen molar-refractivity contribution in [3.63, 3.8) is 0 Å². The molecule has 5 rings (SSSR count). The normalized spacial score (nSPS) is 15.8. The summed E-state index contributed by atoms with van der Waals surface area (Å²) < 4.78 is 98.1. The monoisotopic (exact) mass is 577 g/mol. The van der Waals surface area contributed by atoms with Gasteiger partial charge in [-0.15, -0.1) is 0 Å². The van der Waals surface area contributed by atoms with Crippen molar-refractivity contribution in [3.8, 4) is 5.75 Å². The molecule has 0 bridgehead atoms. The molecule has 4 aromatic rings. The SMILES string of the molecule is COC1=C(n2c(=O)ccc3cc(S(=O)(=O)Nc4ccon4)ccc32)C[C@@H](F)C(c2ccc(F)c(OC(F)F)c2)=C1. The number of fused-ring (bicyclic) bond motifs is 1. The number of allylic oxidation sites excluding steroid dienone is 3. The first-order valence-electron chi connectivity index (χ1n) is 11.5. The second-order valence-corrected chi connectivity index (χ2v) is 10.2. The summed E-state index contributed by atoms with van der Waals surface area (Å²) in [6.07, 6.45) is 0.373. The quantitative estimate of drug-likeness (QED) is 0.288. The first kappa shape index (κ1) is 27.0. The summed E-state index contributed by atoms with van der Waals surface area (Å²) in [5.41, 5.74) is -0.0437.